The van der Waals surface area contributed by atoms with Crippen LogP contribution in [0.15, 0.2) is 6.07 Å². The molecule has 2 heterocycles. The van der Waals surface area contributed by atoms with Gasteiger partial charge in [-0.3, -0.25) is 0 Å². The lowest BCUT2D eigenvalue weighted by atomic mass is 10.2. The normalized spacial score (nSPS) is 20.9. The molecule has 0 radical (unpaired) electrons. The Labute approximate surface area is 94.4 Å². The van der Waals surface area contributed by atoms with E-state index in [1.165, 1.54) is 0 Å². The molecule has 6 nitrogen and oxygen atoms in total. The summed E-state index contributed by atoms with van der Waals surface area (Å²) in [5, 5.41) is 0. The van der Waals surface area contributed by atoms with Crippen molar-refractivity contribution in [1.82, 2.24) is 9.97 Å². The van der Waals surface area contributed by atoms with Crippen LogP contribution in [0.3, 0.4) is 0 Å². The van der Waals surface area contributed by atoms with Crippen LogP contribution in [0, 0.1) is 0 Å². The fourth-order valence-electron chi connectivity index (χ4n) is 1.75. The highest BCUT2D eigenvalue weighted by Crippen LogP contribution is 2.21. The molecular formula is C10H16N4O2. The lowest BCUT2D eigenvalue weighted by Gasteiger charge is -2.34. The van der Waals surface area contributed by atoms with Crippen LogP contribution < -0.4 is 15.4 Å². The molecule has 6 heteroatoms. The smallest absolute Gasteiger partial charge is 0.225 e. The summed E-state index contributed by atoms with van der Waals surface area (Å²) >= 11 is 0. The second kappa shape index (κ2) is 4.52. The van der Waals surface area contributed by atoms with Crippen LogP contribution in [0.5, 0.6) is 5.88 Å². The summed E-state index contributed by atoms with van der Waals surface area (Å²) in [6.45, 7) is 4.30. The zero-order valence-electron chi connectivity index (χ0n) is 9.51. The highest BCUT2D eigenvalue weighted by atomic mass is 16.5. The molecule has 88 valence electrons. The number of nitrogens with zero attached hydrogens (tertiary/aromatic N) is 3. The van der Waals surface area contributed by atoms with Crippen LogP contribution in [0.25, 0.3) is 0 Å². The Bertz CT molecular complexity index is 372. The number of nitrogens with two attached hydrogens (primary N) is 1. The maximum absolute atomic E-state index is 5.63. The van der Waals surface area contributed by atoms with E-state index >= 15 is 0 Å². The Morgan fingerprint density at radius 3 is 3.06 bits per heavy atom. The molecular weight excluding hydrogens is 208 g/mol. The molecule has 1 atom stereocenters. The average molecular weight is 224 g/mol. The van der Waals surface area contributed by atoms with E-state index in [9.17, 15) is 0 Å². The molecule has 1 fully saturated rings. The van der Waals surface area contributed by atoms with Gasteiger partial charge in [-0.05, 0) is 6.92 Å². The van der Waals surface area contributed by atoms with E-state index in [0.29, 0.717) is 19.1 Å². The molecule has 1 saturated heterocycles. The van der Waals surface area contributed by atoms with Gasteiger partial charge < -0.3 is 20.1 Å². The first-order valence-corrected chi connectivity index (χ1v) is 5.23. The molecule has 0 amide bonds. The number of hydrogen-bond donors (Lipinski definition) is 1. The summed E-state index contributed by atoms with van der Waals surface area (Å²) in [6.07, 6.45) is 0. The topological polar surface area (TPSA) is 73.5 Å². The number of nitrogen functional groups attached to an aromatic ring is 1. The first-order valence-electron chi connectivity index (χ1n) is 5.23. The van der Waals surface area contributed by atoms with Gasteiger partial charge in [0.2, 0.25) is 11.8 Å². The maximum Gasteiger partial charge on any atom is 0.225 e. The van der Waals surface area contributed by atoms with Crippen molar-refractivity contribution >= 4 is 11.8 Å². The van der Waals surface area contributed by atoms with Crippen molar-refractivity contribution in [3.8, 4) is 5.88 Å². The highest BCUT2D eigenvalue weighted by molar-refractivity contribution is 5.46. The summed E-state index contributed by atoms with van der Waals surface area (Å²) < 4.78 is 10.4. The van der Waals surface area contributed by atoms with Gasteiger partial charge in [-0.15, -0.1) is 0 Å². The molecule has 1 aliphatic heterocycles. The van der Waals surface area contributed by atoms with Gasteiger partial charge in [-0.1, -0.05) is 0 Å². The molecule has 1 unspecified atom stereocenters. The third-order valence-electron chi connectivity index (χ3n) is 2.58. The highest BCUT2D eigenvalue weighted by Gasteiger charge is 2.21. The average Bonchev–Trinajstić information content (AvgIpc) is 2.28. The van der Waals surface area contributed by atoms with Crippen LogP contribution >= 0.6 is 0 Å². The fraction of sp³-hybridized carbons (Fsp3) is 0.600. The first kappa shape index (κ1) is 10.9. The van der Waals surface area contributed by atoms with Crippen molar-refractivity contribution < 1.29 is 9.47 Å². The Hall–Kier alpha value is -1.56. The molecule has 16 heavy (non-hydrogen) atoms. The van der Waals surface area contributed by atoms with Crippen molar-refractivity contribution in [2.24, 2.45) is 0 Å². The standard InChI is InChI=1S/C10H16N4O2/c1-7-6-16-4-3-14(7)8-5-9(15-2)13-10(11)12-8/h5,7H,3-4,6H2,1-2H3,(H2,11,12,13). The van der Waals surface area contributed by atoms with Crippen LogP contribution in [0.2, 0.25) is 0 Å². The van der Waals surface area contributed by atoms with E-state index in [2.05, 4.69) is 21.8 Å². The van der Waals surface area contributed by atoms with Crippen molar-refractivity contribution in [3.05, 3.63) is 6.07 Å². The number of hydrogen-bond acceptors (Lipinski definition) is 6. The number of morpholine rings is 1. The summed E-state index contributed by atoms with van der Waals surface area (Å²) in [6, 6.07) is 2.07. The zero-order valence-corrected chi connectivity index (χ0v) is 9.51. The molecule has 1 aliphatic rings. The SMILES string of the molecule is COc1cc(N2CCOCC2C)nc(N)n1. The quantitative estimate of drug-likeness (QED) is 0.778. The Morgan fingerprint density at radius 1 is 1.56 bits per heavy atom. The zero-order chi connectivity index (χ0) is 11.5. The second-order valence-electron chi connectivity index (χ2n) is 3.74. The van der Waals surface area contributed by atoms with Crippen molar-refractivity contribution in [2.45, 2.75) is 13.0 Å². The van der Waals surface area contributed by atoms with E-state index in [4.69, 9.17) is 15.2 Å². The van der Waals surface area contributed by atoms with E-state index < -0.39 is 0 Å². The van der Waals surface area contributed by atoms with E-state index in [-0.39, 0.29) is 12.0 Å². The van der Waals surface area contributed by atoms with E-state index in [1.807, 2.05) is 0 Å². The molecule has 0 bridgehead atoms. The van der Waals surface area contributed by atoms with Gasteiger partial charge in [0.15, 0.2) is 0 Å². The minimum absolute atomic E-state index is 0.230. The van der Waals surface area contributed by atoms with E-state index in [1.54, 1.807) is 13.2 Å². The predicted molar refractivity (Wildman–Crippen MR) is 60.6 cm³/mol. The molecule has 2 rings (SSSR count). The van der Waals surface area contributed by atoms with Gasteiger partial charge in [0.1, 0.15) is 5.82 Å². The summed E-state index contributed by atoms with van der Waals surface area (Å²) in [4.78, 5) is 10.3. The predicted octanol–water partition coefficient (Wildman–Crippen LogP) is 0.293. The molecule has 0 saturated carbocycles. The lowest BCUT2D eigenvalue weighted by molar-refractivity contribution is 0.0985. The summed E-state index contributed by atoms with van der Waals surface area (Å²) in [5.74, 6) is 1.51. The maximum atomic E-state index is 5.63. The molecule has 2 N–H and O–H groups in total. The number of aromatic nitrogens is 2. The Balaban J connectivity index is 2.27. The van der Waals surface area contributed by atoms with Gasteiger partial charge in [0.25, 0.3) is 0 Å². The van der Waals surface area contributed by atoms with Crippen molar-refractivity contribution in [3.63, 3.8) is 0 Å². The summed E-state index contributed by atoms with van der Waals surface area (Å²) in [7, 11) is 1.56. The first-order chi connectivity index (χ1) is 7.70. The van der Waals surface area contributed by atoms with E-state index in [0.717, 1.165) is 12.4 Å². The van der Waals surface area contributed by atoms with Crippen LogP contribution in [0.1, 0.15) is 6.92 Å². The molecule has 0 aliphatic carbocycles. The lowest BCUT2D eigenvalue weighted by Crippen LogP contribution is -2.44. The number of anilines is 2. The van der Waals surface area contributed by atoms with Gasteiger partial charge in [-0.2, -0.15) is 9.97 Å². The molecule has 0 spiro atoms. The second-order valence-corrected chi connectivity index (χ2v) is 3.74. The van der Waals surface area contributed by atoms with Crippen LogP contribution in [-0.2, 0) is 4.74 Å². The fourth-order valence-corrected chi connectivity index (χ4v) is 1.75. The third-order valence-corrected chi connectivity index (χ3v) is 2.58. The molecule has 1 aromatic heterocycles. The number of rotatable bonds is 2. The monoisotopic (exact) mass is 224 g/mol. The number of methoxy groups -OCH3 is 1. The van der Waals surface area contributed by atoms with Gasteiger partial charge in [0, 0.05) is 12.6 Å². The minimum atomic E-state index is 0.230. The Kier molecular flexibility index (Phi) is 3.09. The molecule has 1 aromatic rings. The minimum Gasteiger partial charge on any atom is -0.481 e. The Morgan fingerprint density at radius 2 is 2.38 bits per heavy atom. The number of ether oxygens (including phenoxy) is 2. The van der Waals surface area contributed by atoms with Crippen molar-refractivity contribution in [1.29, 1.82) is 0 Å². The largest absolute Gasteiger partial charge is 0.481 e. The van der Waals surface area contributed by atoms with Gasteiger partial charge in [-0.25, -0.2) is 0 Å². The van der Waals surface area contributed by atoms with Crippen LogP contribution in [0.4, 0.5) is 11.8 Å². The summed E-state index contributed by atoms with van der Waals surface area (Å²) in [5.41, 5.74) is 5.63. The van der Waals surface area contributed by atoms with Gasteiger partial charge in [0.05, 0.1) is 26.4 Å². The van der Waals surface area contributed by atoms with Crippen LogP contribution in [-0.4, -0.2) is 42.9 Å². The third kappa shape index (κ3) is 2.16. The van der Waals surface area contributed by atoms with Crippen molar-refractivity contribution in [2.75, 3.05) is 37.5 Å². The van der Waals surface area contributed by atoms with Gasteiger partial charge >= 0.3 is 0 Å². The molecule has 0 aromatic carbocycles.